The zero-order valence-electron chi connectivity index (χ0n) is 11.8. The molecule has 106 valence electrons. The van der Waals surface area contributed by atoms with Gasteiger partial charge in [0.2, 0.25) is 0 Å². The molecule has 0 fully saturated rings. The first-order valence-corrected chi connectivity index (χ1v) is 7.10. The largest absolute Gasteiger partial charge is 0.495 e. The number of halogens is 2. The zero-order chi connectivity index (χ0) is 14.7. The molecule has 2 nitrogen and oxygen atoms in total. The van der Waals surface area contributed by atoms with Crippen LogP contribution in [0.4, 0.5) is 5.69 Å². The molecule has 0 amide bonds. The summed E-state index contributed by atoms with van der Waals surface area (Å²) in [6, 6.07) is 9.85. The van der Waals surface area contributed by atoms with Crippen LogP contribution in [0, 0.1) is 13.8 Å². The van der Waals surface area contributed by atoms with Crippen LogP contribution in [0.3, 0.4) is 0 Å². The van der Waals surface area contributed by atoms with E-state index in [1.54, 1.807) is 7.11 Å². The number of rotatable bonds is 4. The second-order valence-electron chi connectivity index (χ2n) is 4.74. The van der Waals surface area contributed by atoms with E-state index in [0.29, 0.717) is 11.6 Å². The van der Waals surface area contributed by atoms with Crippen molar-refractivity contribution in [3.8, 4) is 5.75 Å². The van der Waals surface area contributed by atoms with E-state index in [1.165, 1.54) is 0 Å². The fourth-order valence-corrected chi connectivity index (χ4v) is 2.27. The van der Waals surface area contributed by atoms with Crippen molar-refractivity contribution < 1.29 is 4.74 Å². The van der Waals surface area contributed by atoms with Crippen LogP contribution in [0.15, 0.2) is 30.3 Å². The van der Waals surface area contributed by atoms with Crippen LogP contribution in [-0.4, -0.2) is 7.11 Å². The minimum atomic E-state index is 0.678. The van der Waals surface area contributed by atoms with Gasteiger partial charge in [0.1, 0.15) is 5.75 Å². The van der Waals surface area contributed by atoms with E-state index in [4.69, 9.17) is 27.9 Å². The van der Waals surface area contributed by atoms with Crippen LogP contribution in [0.5, 0.6) is 5.75 Å². The average Bonchev–Trinajstić information content (AvgIpc) is 2.43. The topological polar surface area (TPSA) is 21.3 Å². The second-order valence-corrected chi connectivity index (χ2v) is 5.55. The lowest BCUT2D eigenvalue weighted by molar-refractivity contribution is 0.416. The maximum Gasteiger partial charge on any atom is 0.143 e. The molecule has 0 spiro atoms. The van der Waals surface area contributed by atoms with E-state index in [1.807, 2.05) is 38.1 Å². The molecule has 2 aromatic carbocycles. The van der Waals surface area contributed by atoms with E-state index in [2.05, 4.69) is 11.4 Å². The smallest absolute Gasteiger partial charge is 0.143 e. The summed E-state index contributed by atoms with van der Waals surface area (Å²) in [5, 5.41) is 4.83. The number of benzene rings is 2. The van der Waals surface area contributed by atoms with E-state index < -0.39 is 0 Å². The van der Waals surface area contributed by atoms with Gasteiger partial charge in [-0.05, 0) is 42.7 Å². The van der Waals surface area contributed by atoms with Gasteiger partial charge in [0.05, 0.1) is 12.8 Å². The molecule has 0 heterocycles. The highest BCUT2D eigenvalue weighted by Crippen LogP contribution is 2.31. The van der Waals surface area contributed by atoms with Gasteiger partial charge >= 0.3 is 0 Å². The van der Waals surface area contributed by atoms with Crippen molar-refractivity contribution in [2.45, 2.75) is 20.4 Å². The minimum absolute atomic E-state index is 0.678. The Morgan fingerprint density at radius 3 is 2.35 bits per heavy atom. The third-order valence-electron chi connectivity index (χ3n) is 3.20. The standard InChI is InChI=1S/C16H17Cl2NO/c1-10-4-5-12(7-13(10)17)9-19-15-6-11(2)14(18)8-16(15)20-3/h4-8,19H,9H2,1-3H3. The molecule has 0 aliphatic rings. The van der Waals surface area contributed by atoms with E-state index >= 15 is 0 Å². The molecule has 0 unspecified atom stereocenters. The van der Waals surface area contributed by atoms with Crippen molar-refractivity contribution in [2.24, 2.45) is 0 Å². The quantitative estimate of drug-likeness (QED) is 0.835. The van der Waals surface area contributed by atoms with E-state index in [0.717, 1.165) is 33.1 Å². The Labute approximate surface area is 129 Å². The first-order valence-electron chi connectivity index (χ1n) is 6.34. The summed E-state index contributed by atoms with van der Waals surface area (Å²) in [5.74, 6) is 0.735. The van der Waals surface area contributed by atoms with Gasteiger partial charge in [0, 0.05) is 22.7 Å². The van der Waals surface area contributed by atoms with Gasteiger partial charge < -0.3 is 10.1 Å². The molecule has 2 rings (SSSR count). The molecule has 0 radical (unpaired) electrons. The Bertz CT molecular complexity index is 626. The summed E-state index contributed by atoms with van der Waals surface area (Å²) in [4.78, 5) is 0. The van der Waals surface area contributed by atoms with Gasteiger partial charge in [0.25, 0.3) is 0 Å². The van der Waals surface area contributed by atoms with Crippen LogP contribution >= 0.6 is 23.2 Å². The van der Waals surface area contributed by atoms with Gasteiger partial charge in [-0.25, -0.2) is 0 Å². The number of anilines is 1. The normalized spacial score (nSPS) is 10.4. The lowest BCUT2D eigenvalue weighted by Crippen LogP contribution is -2.02. The predicted octanol–water partition coefficient (Wildman–Crippen LogP) is 5.23. The number of hydrogen-bond acceptors (Lipinski definition) is 2. The van der Waals surface area contributed by atoms with Crippen molar-refractivity contribution in [1.82, 2.24) is 0 Å². The number of nitrogens with one attached hydrogen (secondary N) is 1. The molecule has 0 aliphatic heterocycles. The van der Waals surface area contributed by atoms with Crippen molar-refractivity contribution in [2.75, 3.05) is 12.4 Å². The van der Waals surface area contributed by atoms with Gasteiger partial charge in [-0.3, -0.25) is 0 Å². The molecule has 0 saturated heterocycles. The lowest BCUT2D eigenvalue weighted by Gasteiger charge is -2.13. The van der Waals surface area contributed by atoms with Crippen LogP contribution in [0.1, 0.15) is 16.7 Å². The summed E-state index contributed by atoms with van der Waals surface area (Å²) in [6.07, 6.45) is 0. The molecular weight excluding hydrogens is 293 g/mol. The Kier molecular flexibility index (Phi) is 4.79. The van der Waals surface area contributed by atoms with E-state index in [9.17, 15) is 0 Å². The average molecular weight is 310 g/mol. The molecule has 4 heteroatoms. The van der Waals surface area contributed by atoms with Gasteiger partial charge in [0.15, 0.2) is 0 Å². The van der Waals surface area contributed by atoms with Gasteiger partial charge in [-0.1, -0.05) is 35.3 Å². The van der Waals surface area contributed by atoms with Gasteiger partial charge in [-0.2, -0.15) is 0 Å². The Hall–Kier alpha value is -1.38. The summed E-state index contributed by atoms with van der Waals surface area (Å²) in [7, 11) is 1.63. The van der Waals surface area contributed by atoms with E-state index in [-0.39, 0.29) is 0 Å². The first kappa shape index (κ1) is 15.0. The highest BCUT2D eigenvalue weighted by molar-refractivity contribution is 6.31. The third-order valence-corrected chi connectivity index (χ3v) is 4.01. The molecule has 2 aromatic rings. The highest BCUT2D eigenvalue weighted by atomic mass is 35.5. The fraction of sp³-hybridized carbons (Fsp3) is 0.250. The van der Waals surface area contributed by atoms with Crippen molar-refractivity contribution in [3.63, 3.8) is 0 Å². The maximum absolute atomic E-state index is 6.13. The van der Waals surface area contributed by atoms with Crippen LogP contribution < -0.4 is 10.1 Å². The summed E-state index contributed by atoms with van der Waals surface area (Å²) in [5.41, 5.74) is 4.13. The monoisotopic (exact) mass is 309 g/mol. The molecule has 0 saturated carbocycles. The number of methoxy groups -OCH3 is 1. The maximum atomic E-state index is 6.13. The molecule has 0 atom stereocenters. The predicted molar refractivity (Wildman–Crippen MR) is 86.3 cm³/mol. The molecule has 1 N–H and O–H groups in total. The molecule has 0 bridgehead atoms. The number of aryl methyl sites for hydroxylation is 2. The van der Waals surface area contributed by atoms with Crippen molar-refractivity contribution >= 4 is 28.9 Å². The summed E-state index contributed by atoms with van der Waals surface area (Å²) < 4.78 is 5.34. The zero-order valence-corrected chi connectivity index (χ0v) is 13.3. The van der Waals surface area contributed by atoms with Crippen LogP contribution in [0.25, 0.3) is 0 Å². The Balaban J connectivity index is 2.18. The fourth-order valence-electron chi connectivity index (χ4n) is 1.91. The lowest BCUT2D eigenvalue weighted by atomic mass is 10.1. The molecule has 0 aliphatic carbocycles. The molecule has 20 heavy (non-hydrogen) atoms. The minimum Gasteiger partial charge on any atom is -0.495 e. The van der Waals surface area contributed by atoms with Crippen LogP contribution in [-0.2, 0) is 6.54 Å². The van der Waals surface area contributed by atoms with Gasteiger partial charge in [-0.15, -0.1) is 0 Å². The van der Waals surface area contributed by atoms with Crippen LogP contribution in [0.2, 0.25) is 10.0 Å². The number of hydrogen-bond donors (Lipinski definition) is 1. The second kappa shape index (κ2) is 6.38. The summed E-state index contributed by atoms with van der Waals surface area (Å²) in [6.45, 7) is 4.64. The molecule has 0 aromatic heterocycles. The third kappa shape index (κ3) is 3.38. The summed E-state index contributed by atoms with van der Waals surface area (Å²) >= 11 is 12.2. The Morgan fingerprint density at radius 1 is 1.00 bits per heavy atom. The number of ether oxygens (including phenoxy) is 1. The van der Waals surface area contributed by atoms with Crippen molar-refractivity contribution in [3.05, 3.63) is 57.1 Å². The first-order chi connectivity index (χ1) is 9.51. The Morgan fingerprint density at radius 2 is 1.70 bits per heavy atom. The van der Waals surface area contributed by atoms with Crippen molar-refractivity contribution in [1.29, 1.82) is 0 Å². The SMILES string of the molecule is COc1cc(Cl)c(C)cc1NCc1ccc(C)c(Cl)c1. The highest BCUT2D eigenvalue weighted by Gasteiger charge is 2.07. The molecular formula is C16H17Cl2NO.